The Morgan fingerprint density at radius 1 is 0.600 bits per heavy atom. The summed E-state index contributed by atoms with van der Waals surface area (Å²) in [5, 5.41) is 0. The third-order valence-electron chi connectivity index (χ3n) is 6.21. The van der Waals surface area contributed by atoms with Gasteiger partial charge in [0.05, 0.1) is 0 Å². The Morgan fingerprint density at radius 3 is 1.96 bits per heavy atom. The van der Waals surface area contributed by atoms with Crippen molar-refractivity contribution in [3.05, 3.63) is 95.1 Å². The van der Waals surface area contributed by atoms with E-state index in [4.69, 9.17) is 0 Å². The van der Waals surface area contributed by atoms with Crippen LogP contribution >= 0.6 is 0 Å². The van der Waals surface area contributed by atoms with Gasteiger partial charge in [-0.3, -0.25) is 0 Å². The molecule has 1 aliphatic rings. The fraction of sp³-hybridized carbons (Fsp3) is 0.280. The van der Waals surface area contributed by atoms with Crippen molar-refractivity contribution in [2.24, 2.45) is 0 Å². The lowest BCUT2D eigenvalue weighted by Crippen LogP contribution is -2.15. The summed E-state index contributed by atoms with van der Waals surface area (Å²) in [6.07, 6.45) is 0. The topological polar surface area (TPSA) is 0 Å². The van der Waals surface area contributed by atoms with Crippen LogP contribution in [0.2, 0.25) is 0 Å². The van der Waals surface area contributed by atoms with Gasteiger partial charge in [-0.25, -0.2) is 0 Å². The van der Waals surface area contributed by atoms with Gasteiger partial charge < -0.3 is 0 Å². The zero-order valence-electron chi connectivity index (χ0n) is 15.6. The number of benzene rings is 3. The number of hydrogen-bond donors (Lipinski definition) is 0. The lowest BCUT2D eigenvalue weighted by molar-refractivity contribution is 0.616. The Kier molecular flexibility index (Phi) is 3.80. The zero-order valence-corrected chi connectivity index (χ0v) is 15.6. The van der Waals surface area contributed by atoms with Crippen LogP contribution < -0.4 is 0 Å². The van der Waals surface area contributed by atoms with Gasteiger partial charge in [0.2, 0.25) is 0 Å². The second-order valence-corrected chi connectivity index (χ2v) is 7.96. The van der Waals surface area contributed by atoms with Crippen molar-refractivity contribution in [3.8, 4) is 11.1 Å². The standard InChI is InChI=1S/C25H26/c1-17(19-10-6-5-7-11-19)18(2)20-14-15-22-21-12-8-9-13-23(21)25(3,4)24(22)16-20/h5-18H,1-4H3. The summed E-state index contributed by atoms with van der Waals surface area (Å²) in [6.45, 7) is 9.40. The highest BCUT2D eigenvalue weighted by Crippen LogP contribution is 2.49. The Bertz CT molecular complexity index is 902. The molecular weight excluding hydrogens is 300 g/mol. The molecule has 1 aliphatic carbocycles. The van der Waals surface area contributed by atoms with Gasteiger partial charge in [-0.05, 0) is 45.2 Å². The molecule has 3 aromatic rings. The van der Waals surface area contributed by atoms with Crippen LogP contribution in [-0.2, 0) is 5.41 Å². The highest BCUT2D eigenvalue weighted by Gasteiger charge is 2.35. The Labute approximate surface area is 151 Å². The van der Waals surface area contributed by atoms with E-state index >= 15 is 0 Å². The fourth-order valence-electron chi connectivity index (χ4n) is 4.34. The summed E-state index contributed by atoms with van der Waals surface area (Å²) in [6, 6.07) is 26.9. The second kappa shape index (κ2) is 5.88. The van der Waals surface area contributed by atoms with Gasteiger partial charge in [0.25, 0.3) is 0 Å². The molecule has 0 nitrogen and oxygen atoms in total. The average molecular weight is 326 g/mol. The van der Waals surface area contributed by atoms with Gasteiger partial charge in [-0.15, -0.1) is 0 Å². The van der Waals surface area contributed by atoms with E-state index in [1.165, 1.54) is 33.4 Å². The van der Waals surface area contributed by atoms with Crippen LogP contribution in [0.3, 0.4) is 0 Å². The van der Waals surface area contributed by atoms with E-state index in [0.717, 1.165) is 0 Å². The minimum absolute atomic E-state index is 0.0810. The number of rotatable bonds is 3. The van der Waals surface area contributed by atoms with Gasteiger partial charge in [0.15, 0.2) is 0 Å². The smallest absolute Gasteiger partial charge is 0.0158 e. The molecule has 0 amide bonds. The third kappa shape index (κ3) is 2.52. The van der Waals surface area contributed by atoms with Crippen LogP contribution in [0.5, 0.6) is 0 Å². The van der Waals surface area contributed by atoms with E-state index in [1.807, 2.05) is 0 Å². The van der Waals surface area contributed by atoms with E-state index in [1.54, 1.807) is 0 Å². The van der Waals surface area contributed by atoms with E-state index in [0.29, 0.717) is 11.8 Å². The molecule has 25 heavy (non-hydrogen) atoms. The first-order valence-corrected chi connectivity index (χ1v) is 9.29. The maximum atomic E-state index is 2.46. The molecule has 0 fully saturated rings. The molecule has 0 bridgehead atoms. The maximum absolute atomic E-state index is 2.46. The first-order valence-electron chi connectivity index (χ1n) is 9.29. The molecule has 0 heterocycles. The highest BCUT2D eigenvalue weighted by molar-refractivity contribution is 5.80. The van der Waals surface area contributed by atoms with E-state index in [-0.39, 0.29) is 5.41 Å². The van der Waals surface area contributed by atoms with Crippen LogP contribution in [0.25, 0.3) is 11.1 Å². The Morgan fingerprint density at radius 2 is 1.20 bits per heavy atom. The molecule has 0 aliphatic heterocycles. The predicted octanol–water partition coefficient (Wildman–Crippen LogP) is 6.90. The molecular formula is C25H26. The SMILES string of the molecule is CC(c1ccccc1)C(C)c1ccc2c(c1)C(C)(C)c1ccccc1-2. The molecule has 0 heteroatoms. The second-order valence-electron chi connectivity index (χ2n) is 7.96. The molecule has 0 spiro atoms. The summed E-state index contributed by atoms with van der Waals surface area (Å²) < 4.78 is 0. The van der Waals surface area contributed by atoms with Crippen molar-refractivity contribution >= 4 is 0 Å². The average Bonchev–Trinajstić information content (AvgIpc) is 2.89. The van der Waals surface area contributed by atoms with Crippen molar-refractivity contribution in [3.63, 3.8) is 0 Å². The summed E-state index contributed by atoms with van der Waals surface area (Å²) in [4.78, 5) is 0. The molecule has 0 saturated carbocycles. The van der Waals surface area contributed by atoms with Crippen molar-refractivity contribution in [1.29, 1.82) is 0 Å². The van der Waals surface area contributed by atoms with E-state index in [9.17, 15) is 0 Å². The van der Waals surface area contributed by atoms with Crippen molar-refractivity contribution in [1.82, 2.24) is 0 Å². The first kappa shape index (κ1) is 16.1. The largest absolute Gasteiger partial charge is 0.0622 e. The van der Waals surface area contributed by atoms with Gasteiger partial charge in [0.1, 0.15) is 0 Å². The summed E-state index contributed by atoms with van der Waals surface area (Å²) in [5.41, 5.74) is 8.66. The minimum atomic E-state index is 0.0810. The molecule has 4 rings (SSSR count). The Balaban J connectivity index is 1.75. The quantitative estimate of drug-likeness (QED) is 0.491. The molecule has 2 unspecified atom stereocenters. The molecule has 126 valence electrons. The lowest BCUT2D eigenvalue weighted by atomic mass is 9.79. The van der Waals surface area contributed by atoms with Crippen molar-refractivity contribution in [2.45, 2.75) is 44.9 Å². The lowest BCUT2D eigenvalue weighted by Gasteiger charge is -2.25. The van der Waals surface area contributed by atoms with E-state index in [2.05, 4.69) is 100 Å². The number of fused-ring (bicyclic) bond motifs is 3. The molecule has 0 radical (unpaired) electrons. The maximum Gasteiger partial charge on any atom is 0.0158 e. The van der Waals surface area contributed by atoms with Gasteiger partial charge in [0, 0.05) is 5.41 Å². The zero-order chi connectivity index (χ0) is 17.6. The van der Waals surface area contributed by atoms with Crippen molar-refractivity contribution < 1.29 is 0 Å². The fourth-order valence-corrected chi connectivity index (χ4v) is 4.34. The van der Waals surface area contributed by atoms with Crippen molar-refractivity contribution in [2.75, 3.05) is 0 Å². The number of hydrogen-bond acceptors (Lipinski definition) is 0. The normalized spacial score (nSPS) is 16.8. The summed E-state index contributed by atoms with van der Waals surface area (Å²) >= 11 is 0. The Hall–Kier alpha value is -2.34. The van der Waals surface area contributed by atoms with Crippen LogP contribution in [0.15, 0.2) is 72.8 Å². The summed E-state index contributed by atoms with van der Waals surface area (Å²) in [5.74, 6) is 0.998. The molecule has 3 aromatic carbocycles. The monoisotopic (exact) mass is 326 g/mol. The summed E-state index contributed by atoms with van der Waals surface area (Å²) in [7, 11) is 0. The van der Waals surface area contributed by atoms with Gasteiger partial charge >= 0.3 is 0 Å². The first-order chi connectivity index (χ1) is 12.0. The van der Waals surface area contributed by atoms with Gasteiger partial charge in [-0.2, -0.15) is 0 Å². The van der Waals surface area contributed by atoms with Crippen LogP contribution in [0, 0.1) is 0 Å². The predicted molar refractivity (Wildman–Crippen MR) is 107 cm³/mol. The highest BCUT2D eigenvalue weighted by atomic mass is 14.4. The molecule has 0 aromatic heterocycles. The van der Waals surface area contributed by atoms with Crippen LogP contribution in [0.4, 0.5) is 0 Å². The minimum Gasteiger partial charge on any atom is -0.0622 e. The van der Waals surface area contributed by atoms with Gasteiger partial charge in [-0.1, -0.05) is 100 Å². The van der Waals surface area contributed by atoms with Crippen LogP contribution in [0.1, 0.15) is 61.8 Å². The molecule has 2 atom stereocenters. The van der Waals surface area contributed by atoms with E-state index < -0.39 is 0 Å². The molecule has 0 saturated heterocycles. The molecule has 0 N–H and O–H groups in total. The third-order valence-corrected chi connectivity index (χ3v) is 6.21. The van der Waals surface area contributed by atoms with Crippen LogP contribution in [-0.4, -0.2) is 0 Å².